The molecule has 1 fully saturated rings. The van der Waals surface area contributed by atoms with E-state index in [1.165, 1.54) is 4.70 Å². The number of aromatic nitrogens is 1. The van der Waals surface area contributed by atoms with E-state index in [0.717, 1.165) is 41.9 Å². The van der Waals surface area contributed by atoms with Crippen molar-refractivity contribution in [2.45, 2.75) is 44.9 Å². The predicted molar refractivity (Wildman–Crippen MR) is 107 cm³/mol. The third kappa shape index (κ3) is 3.63. The fourth-order valence-electron chi connectivity index (χ4n) is 4.29. The topological polar surface area (TPSA) is 62.3 Å². The van der Waals surface area contributed by atoms with Gasteiger partial charge in [-0.15, -0.1) is 11.3 Å². The van der Waals surface area contributed by atoms with Crippen LogP contribution in [0.2, 0.25) is 0 Å². The molecule has 5 nitrogen and oxygen atoms in total. The van der Waals surface area contributed by atoms with E-state index < -0.39 is 0 Å². The normalized spacial score (nSPS) is 22.5. The van der Waals surface area contributed by atoms with Crippen LogP contribution in [0.4, 0.5) is 0 Å². The van der Waals surface area contributed by atoms with Gasteiger partial charge in [0.05, 0.1) is 15.2 Å². The molecular weight excluding hydrogens is 358 g/mol. The number of aryl methyl sites for hydroxylation is 1. The molecule has 142 valence electrons. The van der Waals surface area contributed by atoms with Gasteiger partial charge in [-0.2, -0.15) is 0 Å². The van der Waals surface area contributed by atoms with Crippen molar-refractivity contribution in [1.29, 1.82) is 0 Å². The quantitative estimate of drug-likeness (QED) is 0.857. The molecule has 1 aliphatic heterocycles. The SMILES string of the molecule is CN1C(=O)CCC2(CNC(=O)CCc3nc4ccccc4s3)CCCC=C12. The molecule has 0 radical (unpaired) electrons. The lowest BCUT2D eigenvalue weighted by molar-refractivity contribution is -0.132. The standard InChI is InChI=1S/C21H25N3O2S/c1-24-17-8-4-5-12-21(17,13-11-20(24)26)14-22-18(25)9-10-19-23-15-6-2-3-7-16(15)27-19/h2-3,6-8H,4-5,9-14H2,1H3,(H,22,25). The number of benzene rings is 1. The Hall–Kier alpha value is -2.21. The number of hydrogen-bond donors (Lipinski definition) is 1. The third-order valence-electron chi connectivity index (χ3n) is 5.82. The van der Waals surface area contributed by atoms with Gasteiger partial charge in [0.1, 0.15) is 0 Å². The van der Waals surface area contributed by atoms with Gasteiger partial charge in [0, 0.05) is 44.0 Å². The maximum atomic E-state index is 12.5. The molecule has 1 saturated heterocycles. The third-order valence-corrected chi connectivity index (χ3v) is 6.92. The zero-order valence-corrected chi connectivity index (χ0v) is 16.5. The fourth-order valence-corrected chi connectivity index (χ4v) is 5.26. The zero-order valence-electron chi connectivity index (χ0n) is 15.7. The van der Waals surface area contributed by atoms with Crippen molar-refractivity contribution < 1.29 is 9.59 Å². The van der Waals surface area contributed by atoms with Crippen LogP contribution in [0.1, 0.15) is 43.5 Å². The first-order valence-corrected chi connectivity index (χ1v) is 10.5. The van der Waals surface area contributed by atoms with Gasteiger partial charge >= 0.3 is 0 Å². The summed E-state index contributed by atoms with van der Waals surface area (Å²) in [5.74, 6) is 0.244. The van der Waals surface area contributed by atoms with Gasteiger partial charge in [-0.05, 0) is 37.8 Å². The average molecular weight is 384 g/mol. The largest absolute Gasteiger partial charge is 0.355 e. The molecular formula is C21H25N3O2S. The average Bonchev–Trinajstić information content (AvgIpc) is 3.11. The number of nitrogens with zero attached hydrogens (tertiary/aromatic N) is 2. The second-order valence-electron chi connectivity index (χ2n) is 7.57. The highest BCUT2D eigenvalue weighted by Gasteiger charge is 2.43. The molecule has 27 heavy (non-hydrogen) atoms. The van der Waals surface area contributed by atoms with Crippen molar-refractivity contribution in [2.75, 3.05) is 13.6 Å². The second kappa shape index (κ2) is 7.43. The lowest BCUT2D eigenvalue weighted by Crippen LogP contribution is -2.49. The number of allylic oxidation sites excluding steroid dienone is 1. The summed E-state index contributed by atoms with van der Waals surface area (Å²) < 4.78 is 1.17. The molecule has 1 atom stereocenters. The number of fused-ring (bicyclic) bond motifs is 2. The highest BCUT2D eigenvalue weighted by Crippen LogP contribution is 2.45. The second-order valence-corrected chi connectivity index (χ2v) is 8.68. The van der Waals surface area contributed by atoms with Gasteiger partial charge in [0.2, 0.25) is 11.8 Å². The molecule has 2 aromatic rings. The van der Waals surface area contributed by atoms with E-state index in [9.17, 15) is 9.59 Å². The minimum Gasteiger partial charge on any atom is -0.355 e. The van der Waals surface area contributed by atoms with E-state index >= 15 is 0 Å². The Balaban J connectivity index is 1.36. The van der Waals surface area contributed by atoms with Crippen molar-refractivity contribution >= 4 is 33.4 Å². The summed E-state index contributed by atoms with van der Waals surface area (Å²) in [6, 6.07) is 8.07. The minimum atomic E-state index is -0.0770. The molecule has 1 aromatic heterocycles. The van der Waals surface area contributed by atoms with Crippen LogP contribution in [0.5, 0.6) is 0 Å². The zero-order chi connectivity index (χ0) is 18.9. The van der Waals surface area contributed by atoms with Crippen molar-refractivity contribution in [2.24, 2.45) is 5.41 Å². The first-order valence-electron chi connectivity index (χ1n) is 9.66. The Morgan fingerprint density at radius 1 is 1.33 bits per heavy atom. The maximum absolute atomic E-state index is 12.5. The number of rotatable bonds is 5. The van der Waals surface area contributed by atoms with Gasteiger partial charge < -0.3 is 10.2 Å². The van der Waals surface area contributed by atoms with Crippen LogP contribution in [0.3, 0.4) is 0 Å². The predicted octanol–water partition coefficient (Wildman–Crippen LogP) is 3.65. The summed E-state index contributed by atoms with van der Waals surface area (Å²) in [5.41, 5.74) is 2.03. The first kappa shape index (κ1) is 18.2. The molecule has 1 aromatic carbocycles. The number of piperidine rings is 1. The molecule has 0 bridgehead atoms. The monoisotopic (exact) mass is 383 g/mol. The lowest BCUT2D eigenvalue weighted by atomic mass is 9.70. The lowest BCUT2D eigenvalue weighted by Gasteiger charge is -2.46. The van der Waals surface area contributed by atoms with E-state index in [-0.39, 0.29) is 17.2 Å². The smallest absolute Gasteiger partial charge is 0.226 e. The highest BCUT2D eigenvalue weighted by molar-refractivity contribution is 7.18. The Morgan fingerprint density at radius 3 is 3.04 bits per heavy atom. The Morgan fingerprint density at radius 2 is 2.19 bits per heavy atom. The molecule has 6 heteroatoms. The molecule has 1 aliphatic carbocycles. The van der Waals surface area contributed by atoms with Gasteiger partial charge in [-0.3, -0.25) is 9.59 Å². The highest BCUT2D eigenvalue weighted by atomic mass is 32.1. The summed E-state index contributed by atoms with van der Waals surface area (Å²) in [7, 11) is 1.86. The fraction of sp³-hybridized carbons (Fsp3) is 0.476. The van der Waals surface area contributed by atoms with Crippen LogP contribution in [0.15, 0.2) is 36.0 Å². The van der Waals surface area contributed by atoms with Crippen molar-refractivity contribution in [3.63, 3.8) is 0 Å². The van der Waals surface area contributed by atoms with E-state index in [2.05, 4.69) is 22.4 Å². The van der Waals surface area contributed by atoms with E-state index in [1.807, 2.05) is 25.2 Å². The number of para-hydroxylation sites is 1. The molecule has 2 heterocycles. The number of amides is 2. The van der Waals surface area contributed by atoms with Crippen LogP contribution < -0.4 is 5.32 Å². The number of nitrogens with one attached hydrogen (secondary N) is 1. The summed E-state index contributed by atoms with van der Waals surface area (Å²) >= 11 is 1.66. The van der Waals surface area contributed by atoms with Crippen LogP contribution >= 0.6 is 11.3 Å². The Bertz CT molecular complexity index is 871. The molecule has 1 unspecified atom stereocenters. The minimum absolute atomic E-state index is 0.0631. The van der Waals surface area contributed by atoms with E-state index in [1.54, 1.807) is 16.2 Å². The summed E-state index contributed by atoms with van der Waals surface area (Å²) in [4.78, 5) is 30.9. The number of carbonyl (C=O) groups excluding carboxylic acids is 2. The number of carbonyl (C=O) groups is 2. The van der Waals surface area contributed by atoms with Gasteiger partial charge in [0.15, 0.2) is 0 Å². The Kier molecular flexibility index (Phi) is 5.00. The summed E-state index contributed by atoms with van der Waals surface area (Å²) in [5, 5.41) is 4.15. The van der Waals surface area contributed by atoms with Gasteiger partial charge in [-0.1, -0.05) is 18.2 Å². The van der Waals surface area contributed by atoms with E-state index in [0.29, 0.717) is 25.8 Å². The number of thiazole rings is 1. The van der Waals surface area contributed by atoms with Crippen LogP contribution in [-0.4, -0.2) is 35.3 Å². The number of hydrogen-bond acceptors (Lipinski definition) is 4. The van der Waals surface area contributed by atoms with Gasteiger partial charge in [-0.25, -0.2) is 4.98 Å². The van der Waals surface area contributed by atoms with Crippen molar-refractivity contribution in [3.8, 4) is 0 Å². The van der Waals surface area contributed by atoms with Crippen molar-refractivity contribution in [3.05, 3.63) is 41.0 Å². The van der Waals surface area contributed by atoms with Crippen LogP contribution in [0.25, 0.3) is 10.2 Å². The van der Waals surface area contributed by atoms with Crippen LogP contribution in [0, 0.1) is 5.41 Å². The molecule has 2 amide bonds. The van der Waals surface area contributed by atoms with Gasteiger partial charge in [0.25, 0.3) is 0 Å². The summed E-state index contributed by atoms with van der Waals surface area (Å²) in [6.45, 7) is 0.620. The molecule has 0 saturated carbocycles. The van der Waals surface area contributed by atoms with Crippen molar-refractivity contribution in [1.82, 2.24) is 15.2 Å². The molecule has 1 N–H and O–H groups in total. The molecule has 2 aliphatic rings. The maximum Gasteiger partial charge on any atom is 0.226 e. The molecule has 0 spiro atoms. The summed E-state index contributed by atoms with van der Waals surface area (Å²) in [6.07, 6.45) is 7.87. The molecule has 4 rings (SSSR count). The van der Waals surface area contributed by atoms with E-state index in [4.69, 9.17) is 0 Å². The first-order chi connectivity index (χ1) is 13.1. The number of likely N-dealkylation sites (tertiary alicyclic amines) is 1. The Labute approximate surface area is 163 Å². The van der Waals surface area contributed by atoms with Crippen LogP contribution in [-0.2, 0) is 16.0 Å².